The minimum absolute atomic E-state index is 0.294. The van der Waals surface area contributed by atoms with Gasteiger partial charge in [0, 0.05) is 6.54 Å². The number of rotatable bonds is 5. The zero-order valence-corrected chi connectivity index (χ0v) is 11.2. The van der Waals surface area contributed by atoms with E-state index in [-0.39, 0.29) is 12.1 Å². The molecule has 3 N–H and O–H groups in total. The van der Waals surface area contributed by atoms with E-state index in [1.165, 1.54) is 0 Å². The maximum absolute atomic E-state index is 11.4. The molecule has 94 valence electrons. The second kappa shape index (κ2) is 7.24. The summed E-state index contributed by atoms with van der Waals surface area (Å²) in [6, 6.07) is 3.20. The number of nitrogens with one attached hydrogen (secondary N) is 2. The standard InChI is InChI=1S/C11H16BrN3O2/c1-2-9(16)5-6-13-11(17)15-8-3-4-10(12)14-7-8/h3-4,7,9,16H,2,5-6H2,1H3,(H2,13,15,17). The molecular weight excluding hydrogens is 286 g/mol. The molecule has 1 aromatic heterocycles. The molecule has 0 aromatic carbocycles. The summed E-state index contributed by atoms with van der Waals surface area (Å²) < 4.78 is 0.717. The van der Waals surface area contributed by atoms with Gasteiger partial charge in [0.25, 0.3) is 0 Å². The van der Waals surface area contributed by atoms with Gasteiger partial charge < -0.3 is 15.7 Å². The number of carbonyl (C=O) groups is 1. The Bertz CT molecular complexity index is 356. The number of aromatic nitrogens is 1. The Morgan fingerprint density at radius 3 is 2.94 bits per heavy atom. The quantitative estimate of drug-likeness (QED) is 0.729. The van der Waals surface area contributed by atoms with Crippen molar-refractivity contribution in [1.29, 1.82) is 0 Å². The summed E-state index contributed by atoms with van der Waals surface area (Å²) in [7, 11) is 0. The minimum Gasteiger partial charge on any atom is -0.393 e. The molecule has 0 spiro atoms. The SMILES string of the molecule is CCC(O)CCNC(=O)Nc1ccc(Br)nc1. The van der Waals surface area contributed by atoms with E-state index in [0.717, 1.165) is 4.60 Å². The molecule has 1 aromatic rings. The number of hydrogen-bond donors (Lipinski definition) is 3. The zero-order chi connectivity index (χ0) is 12.7. The number of carbonyl (C=O) groups excluding carboxylic acids is 1. The average molecular weight is 302 g/mol. The summed E-state index contributed by atoms with van der Waals surface area (Å²) in [5.74, 6) is 0. The van der Waals surface area contributed by atoms with Gasteiger partial charge in [0.1, 0.15) is 4.60 Å². The first-order chi connectivity index (χ1) is 8.11. The highest BCUT2D eigenvalue weighted by atomic mass is 79.9. The molecule has 1 rings (SSSR count). The lowest BCUT2D eigenvalue weighted by molar-refractivity contribution is 0.160. The van der Waals surface area contributed by atoms with Gasteiger partial charge in [-0.05, 0) is 40.9 Å². The van der Waals surface area contributed by atoms with E-state index in [0.29, 0.717) is 25.1 Å². The van der Waals surface area contributed by atoms with Crippen LogP contribution in [0.3, 0.4) is 0 Å². The summed E-state index contributed by atoms with van der Waals surface area (Å²) in [6.07, 6.45) is 2.46. The lowest BCUT2D eigenvalue weighted by Crippen LogP contribution is -2.31. The first kappa shape index (κ1) is 13.9. The highest BCUT2D eigenvalue weighted by Crippen LogP contribution is 2.09. The molecule has 5 nitrogen and oxygen atoms in total. The lowest BCUT2D eigenvalue weighted by atomic mass is 10.2. The molecule has 0 aliphatic heterocycles. The topological polar surface area (TPSA) is 74.2 Å². The highest BCUT2D eigenvalue weighted by Gasteiger charge is 2.04. The summed E-state index contributed by atoms with van der Waals surface area (Å²) in [5, 5.41) is 14.6. The van der Waals surface area contributed by atoms with E-state index in [1.54, 1.807) is 18.3 Å². The fraction of sp³-hybridized carbons (Fsp3) is 0.455. The van der Waals surface area contributed by atoms with Gasteiger partial charge in [-0.25, -0.2) is 9.78 Å². The van der Waals surface area contributed by atoms with Crippen LogP contribution in [0.25, 0.3) is 0 Å². The van der Waals surface area contributed by atoms with E-state index in [1.807, 2.05) is 6.92 Å². The van der Waals surface area contributed by atoms with Crippen molar-refractivity contribution in [1.82, 2.24) is 10.3 Å². The second-order valence-electron chi connectivity index (χ2n) is 3.60. The van der Waals surface area contributed by atoms with Crippen molar-refractivity contribution in [3.05, 3.63) is 22.9 Å². The molecule has 1 unspecified atom stereocenters. The van der Waals surface area contributed by atoms with E-state index < -0.39 is 0 Å². The monoisotopic (exact) mass is 301 g/mol. The van der Waals surface area contributed by atoms with Crippen molar-refractivity contribution in [2.75, 3.05) is 11.9 Å². The number of nitrogens with zero attached hydrogens (tertiary/aromatic N) is 1. The summed E-state index contributed by atoms with van der Waals surface area (Å²) >= 11 is 3.21. The number of amides is 2. The number of urea groups is 1. The minimum atomic E-state index is -0.357. The second-order valence-corrected chi connectivity index (χ2v) is 4.41. The zero-order valence-electron chi connectivity index (χ0n) is 9.61. The molecule has 0 aliphatic rings. The van der Waals surface area contributed by atoms with E-state index in [4.69, 9.17) is 0 Å². The fourth-order valence-electron chi connectivity index (χ4n) is 1.18. The van der Waals surface area contributed by atoms with Crippen molar-refractivity contribution >= 4 is 27.6 Å². The maximum Gasteiger partial charge on any atom is 0.319 e. The first-order valence-electron chi connectivity index (χ1n) is 5.46. The summed E-state index contributed by atoms with van der Waals surface area (Å²) in [4.78, 5) is 15.4. The first-order valence-corrected chi connectivity index (χ1v) is 6.25. The Balaban J connectivity index is 2.27. The highest BCUT2D eigenvalue weighted by molar-refractivity contribution is 9.10. The molecule has 0 aliphatic carbocycles. The molecule has 0 radical (unpaired) electrons. The van der Waals surface area contributed by atoms with Crippen LogP contribution < -0.4 is 10.6 Å². The molecule has 6 heteroatoms. The molecule has 1 heterocycles. The predicted molar refractivity (Wildman–Crippen MR) is 69.9 cm³/mol. The Morgan fingerprint density at radius 1 is 1.59 bits per heavy atom. The Morgan fingerprint density at radius 2 is 2.35 bits per heavy atom. The van der Waals surface area contributed by atoms with Crippen LogP contribution in [0.15, 0.2) is 22.9 Å². The van der Waals surface area contributed by atoms with Crippen LogP contribution in [0.5, 0.6) is 0 Å². The van der Waals surface area contributed by atoms with Crippen LogP contribution in [-0.4, -0.2) is 28.8 Å². The number of hydrogen-bond acceptors (Lipinski definition) is 3. The van der Waals surface area contributed by atoms with Gasteiger partial charge in [-0.3, -0.25) is 0 Å². The van der Waals surface area contributed by atoms with E-state index in [2.05, 4.69) is 31.5 Å². The van der Waals surface area contributed by atoms with Crippen LogP contribution in [0.1, 0.15) is 19.8 Å². The molecular formula is C11H16BrN3O2. The normalized spacial score (nSPS) is 11.9. The molecule has 17 heavy (non-hydrogen) atoms. The summed E-state index contributed by atoms with van der Waals surface area (Å²) in [6.45, 7) is 2.35. The largest absolute Gasteiger partial charge is 0.393 e. The van der Waals surface area contributed by atoms with Crippen LogP contribution in [0.2, 0.25) is 0 Å². The van der Waals surface area contributed by atoms with Gasteiger partial charge >= 0.3 is 6.03 Å². The van der Waals surface area contributed by atoms with Crippen molar-refractivity contribution in [3.8, 4) is 0 Å². The van der Waals surface area contributed by atoms with Gasteiger partial charge in [-0.2, -0.15) is 0 Å². The number of aliphatic hydroxyl groups excluding tert-OH is 1. The van der Waals surface area contributed by atoms with Gasteiger partial charge in [-0.1, -0.05) is 6.92 Å². The maximum atomic E-state index is 11.4. The lowest BCUT2D eigenvalue weighted by Gasteiger charge is -2.09. The van der Waals surface area contributed by atoms with E-state index in [9.17, 15) is 9.90 Å². The van der Waals surface area contributed by atoms with Crippen molar-refractivity contribution in [3.63, 3.8) is 0 Å². The molecule has 0 saturated heterocycles. The molecule has 1 atom stereocenters. The number of halogens is 1. The van der Waals surface area contributed by atoms with Gasteiger partial charge in [-0.15, -0.1) is 0 Å². The van der Waals surface area contributed by atoms with Crippen LogP contribution in [-0.2, 0) is 0 Å². The van der Waals surface area contributed by atoms with Crippen molar-refractivity contribution < 1.29 is 9.90 Å². The Hall–Kier alpha value is -1.14. The predicted octanol–water partition coefficient (Wildman–Crippen LogP) is 2.13. The molecule has 0 saturated carbocycles. The van der Waals surface area contributed by atoms with Gasteiger partial charge in [0.15, 0.2) is 0 Å². The fourth-order valence-corrected chi connectivity index (χ4v) is 1.42. The summed E-state index contributed by atoms with van der Waals surface area (Å²) in [5.41, 5.74) is 0.627. The molecule has 2 amide bonds. The molecule has 0 fully saturated rings. The number of anilines is 1. The Kier molecular flexibility index (Phi) is 5.93. The van der Waals surface area contributed by atoms with Gasteiger partial charge in [0.2, 0.25) is 0 Å². The van der Waals surface area contributed by atoms with Crippen molar-refractivity contribution in [2.24, 2.45) is 0 Å². The smallest absolute Gasteiger partial charge is 0.319 e. The Labute approximate surface area is 109 Å². The number of pyridine rings is 1. The number of aliphatic hydroxyl groups is 1. The molecule has 0 bridgehead atoms. The third-order valence-electron chi connectivity index (χ3n) is 2.22. The van der Waals surface area contributed by atoms with Gasteiger partial charge in [0.05, 0.1) is 18.0 Å². The van der Waals surface area contributed by atoms with E-state index >= 15 is 0 Å². The average Bonchev–Trinajstić information content (AvgIpc) is 2.32. The van der Waals surface area contributed by atoms with Crippen molar-refractivity contribution in [2.45, 2.75) is 25.9 Å². The third-order valence-corrected chi connectivity index (χ3v) is 2.69. The van der Waals surface area contributed by atoms with Crippen LogP contribution in [0, 0.1) is 0 Å². The van der Waals surface area contributed by atoms with Crippen LogP contribution in [0.4, 0.5) is 10.5 Å². The van der Waals surface area contributed by atoms with Crippen LogP contribution >= 0.6 is 15.9 Å². The third kappa shape index (κ3) is 5.65.